The number of amides is 2. The molecule has 0 saturated carbocycles. The van der Waals surface area contributed by atoms with Crippen molar-refractivity contribution in [2.75, 3.05) is 20.3 Å². The van der Waals surface area contributed by atoms with Crippen LogP contribution in [-0.4, -0.2) is 70.3 Å². The molecule has 2 N–H and O–H groups in total. The van der Waals surface area contributed by atoms with Crippen molar-refractivity contribution in [1.82, 2.24) is 10.6 Å². The third-order valence-electron chi connectivity index (χ3n) is 7.77. The van der Waals surface area contributed by atoms with Crippen LogP contribution in [0.5, 0.6) is 5.75 Å². The first-order valence-corrected chi connectivity index (χ1v) is 19.5. The van der Waals surface area contributed by atoms with Crippen LogP contribution in [0.25, 0.3) is 0 Å². The molecule has 10 nitrogen and oxygen atoms in total. The lowest BCUT2D eigenvalue weighted by atomic mass is 9.93. The molecule has 1 heterocycles. The molecule has 0 aromatic heterocycles. The van der Waals surface area contributed by atoms with Crippen molar-refractivity contribution in [1.29, 1.82) is 0 Å². The van der Waals surface area contributed by atoms with Gasteiger partial charge in [0, 0.05) is 33.9 Å². The minimum absolute atomic E-state index is 0.0401. The van der Waals surface area contributed by atoms with E-state index in [1.54, 1.807) is 25.3 Å². The predicted octanol–water partition coefficient (Wildman–Crippen LogP) is 4.76. The average Bonchev–Trinajstić information content (AvgIpc) is 3.30. The van der Waals surface area contributed by atoms with Crippen molar-refractivity contribution in [2.45, 2.75) is 83.1 Å². The summed E-state index contributed by atoms with van der Waals surface area (Å²) in [6, 6.07) is 16.8. The summed E-state index contributed by atoms with van der Waals surface area (Å²) in [6.45, 7) is 10.4. The second kappa shape index (κ2) is 17.7. The molecule has 3 rings (SSSR count). The third-order valence-corrected chi connectivity index (χ3v) is 9.47. The van der Waals surface area contributed by atoms with Crippen molar-refractivity contribution in [3.63, 3.8) is 0 Å². The molecule has 0 aliphatic carbocycles. The Labute approximate surface area is 273 Å². The molecule has 46 heavy (non-hydrogen) atoms. The van der Waals surface area contributed by atoms with Gasteiger partial charge in [0.05, 0.1) is 26.2 Å². The van der Waals surface area contributed by atoms with Crippen LogP contribution in [0.1, 0.15) is 43.9 Å². The number of ether oxygens (including phenoxy) is 4. The maximum absolute atomic E-state index is 13.2. The van der Waals surface area contributed by atoms with Gasteiger partial charge in [0.25, 0.3) is 0 Å². The van der Waals surface area contributed by atoms with Gasteiger partial charge in [-0.15, -0.1) is 0 Å². The summed E-state index contributed by atoms with van der Waals surface area (Å²) >= 11 is 0. The molecular weight excluding hydrogens is 604 g/mol. The third kappa shape index (κ3) is 12.1. The molecule has 5 atom stereocenters. The number of methoxy groups -OCH3 is 1. The fourth-order valence-electron chi connectivity index (χ4n) is 5.11. The Hall–Kier alpha value is -3.96. The van der Waals surface area contributed by atoms with Gasteiger partial charge in [-0.1, -0.05) is 75.1 Å². The van der Waals surface area contributed by atoms with Crippen molar-refractivity contribution in [3.8, 4) is 5.75 Å². The lowest BCUT2D eigenvalue weighted by Gasteiger charge is -2.21. The normalized spacial score (nSPS) is 20.1. The zero-order valence-electron chi connectivity index (χ0n) is 27.7. The number of benzene rings is 2. The van der Waals surface area contributed by atoms with Crippen molar-refractivity contribution in [2.24, 2.45) is 5.92 Å². The molecule has 11 heteroatoms. The molecule has 0 radical (unpaired) electrons. The molecule has 2 aromatic rings. The van der Waals surface area contributed by atoms with Crippen LogP contribution in [0.2, 0.25) is 25.7 Å². The van der Waals surface area contributed by atoms with E-state index >= 15 is 0 Å². The van der Waals surface area contributed by atoms with Crippen LogP contribution in [0.3, 0.4) is 0 Å². The first-order valence-electron chi connectivity index (χ1n) is 15.8. The van der Waals surface area contributed by atoms with E-state index in [1.807, 2.05) is 49.4 Å². The molecule has 1 fully saturated rings. The second-order valence-corrected chi connectivity index (χ2v) is 18.4. The maximum atomic E-state index is 13.2. The van der Waals surface area contributed by atoms with Gasteiger partial charge in [-0.3, -0.25) is 19.2 Å². The van der Waals surface area contributed by atoms with E-state index in [-0.39, 0.29) is 43.3 Å². The van der Waals surface area contributed by atoms with Crippen LogP contribution in [-0.2, 0) is 39.8 Å². The summed E-state index contributed by atoms with van der Waals surface area (Å²) in [5, 5.41) is 5.56. The molecule has 250 valence electrons. The largest absolute Gasteiger partial charge is 0.497 e. The van der Waals surface area contributed by atoms with Gasteiger partial charge >= 0.3 is 11.9 Å². The lowest BCUT2D eigenvalue weighted by Crippen LogP contribution is -2.48. The van der Waals surface area contributed by atoms with Gasteiger partial charge < -0.3 is 29.6 Å². The Morgan fingerprint density at radius 2 is 1.72 bits per heavy atom. The number of esters is 2. The summed E-state index contributed by atoms with van der Waals surface area (Å²) in [5.74, 6) is -1.03. The lowest BCUT2D eigenvalue weighted by molar-refractivity contribution is -0.150. The SMILES string of the molecule is COc1ccc(C[C@@H](NC(=O)/C=C/C[C@@H]2O[C@@H](c3ccccc3)[C@H](OC(C)=O)[C@H]2C)C(=O)NCCC(=O)OCC[Si](C)(C)C)cc1. The quantitative estimate of drug-likeness (QED) is 0.151. The number of hydrogen-bond acceptors (Lipinski definition) is 8. The Morgan fingerprint density at radius 3 is 2.35 bits per heavy atom. The van der Waals surface area contributed by atoms with Crippen molar-refractivity contribution < 1.29 is 38.1 Å². The molecule has 0 spiro atoms. The molecule has 0 bridgehead atoms. The highest BCUT2D eigenvalue weighted by atomic mass is 28.3. The van der Waals surface area contributed by atoms with Gasteiger partial charge in [0.15, 0.2) is 0 Å². The number of rotatable bonds is 16. The first-order chi connectivity index (χ1) is 21.9. The van der Waals surface area contributed by atoms with Gasteiger partial charge in [-0.2, -0.15) is 0 Å². The van der Waals surface area contributed by atoms with E-state index in [0.29, 0.717) is 18.8 Å². The second-order valence-electron chi connectivity index (χ2n) is 12.8. The van der Waals surface area contributed by atoms with Crippen LogP contribution < -0.4 is 15.4 Å². The Balaban J connectivity index is 1.60. The number of nitrogens with one attached hydrogen (secondary N) is 2. The summed E-state index contributed by atoms with van der Waals surface area (Å²) in [4.78, 5) is 50.1. The summed E-state index contributed by atoms with van der Waals surface area (Å²) in [5.41, 5.74) is 1.74. The molecule has 0 unspecified atom stereocenters. The molecule has 1 aliphatic rings. The Morgan fingerprint density at radius 1 is 1.02 bits per heavy atom. The highest BCUT2D eigenvalue weighted by molar-refractivity contribution is 6.76. The van der Waals surface area contributed by atoms with E-state index < -0.39 is 38.1 Å². The molecular formula is C35H48N2O8Si. The van der Waals surface area contributed by atoms with Crippen LogP contribution in [0, 0.1) is 5.92 Å². The maximum Gasteiger partial charge on any atom is 0.307 e. The van der Waals surface area contributed by atoms with Gasteiger partial charge in [-0.25, -0.2) is 0 Å². The number of carbonyl (C=O) groups excluding carboxylic acids is 4. The Bertz CT molecular complexity index is 1330. The molecule has 2 amide bonds. The highest BCUT2D eigenvalue weighted by Crippen LogP contribution is 2.40. The molecule has 2 aromatic carbocycles. The fraction of sp³-hybridized carbons (Fsp3) is 0.486. The van der Waals surface area contributed by atoms with Crippen LogP contribution >= 0.6 is 0 Å². The van der Waals surface area contributed by atoms with Crippen LogP contribution in [0.15, 0.2) is 66.7 Å². The predicted molar refractivity (Wildman–Crippen MR) is 178 cm³/mol. The van der Waals surface area contributed by atoms with Crippen LogP contribution in [0.4, 0.5) is 0 Å². The Kier molecular flexibility index (Phi) is 14.0. The van der Waals surface area contributed by atoms with E-state index in [4.69, 9.17) is 18.9 Å². The van der Waals surface area contributed by atoms with E-state index in [9.17, 15) is 19.2 Å². The first kappa shape index (κ1) is 36.5. The van der Waals surface area contributed by atoms with Gasteiger partial charge in [0.2, 0.25) is 11.8 Å². The molecule has 1 aliphatic heterocycles. The average molecular weight is 653 g/mol. The smallest absolute Gasteiger partial charge is 0.307 e. The monoisotopic (exact) mass is 652 g/mol. The zero-order valence-corrected chi connectivity index (χ0v) is 28.7. The van der Waals surface area contributed by atoms with E-state index in [2.05, 4.69) is 30.3 Å². The summed E-state index contributed by atoms with van der Waals surface area (Å²) in [7, 11) is 0.253. The summed E-state index contributed by atoms with van der Waals surface area (Å²) in [6.07, 6.45) is 2.61. The molecule has 1 saturated heterocycles. The van der Waals surface area contributed by atoms with Crippen molar-refractivity contribution >= 4 is 31.8 Å². The van der Waals surface area contributed by atoms with Gasteiger partial charge in [-0.05, 0) is 41.8 Å². The van der Waals surface area contributed by atoms with Gasteiger partial charge in [0.1, 0.15) is 24.0 Å². The topological polar surface area (TPSA) is 129 Å². The number of hydrogen-bond donors (Lipinski definition) is 2. The fourth-order valence-corrected chi connectivity index (χ4v) is 5.82. The van der Waals surface area contributed by atoms with E-state index in [0.717, 1.165) is 17.2 Å². The summed E-state index contributed by atoms with van der Waals surface area (Å²) < 4.78 is 22.5. The minimum atomic E-state index is -1.32. The zero-order chi connectivity index (χ0) is 33.7. The van der Waals surface area contributed by atoms with E-state index in [1.165, 1.54) is 13.0 Å². The minimum Gasteiger partial charge on any atom is -0.497 e. The standard InChI is InChI=1S/C35H48N2O8Si/c1-24-30(45-34(33(24)44-25(2)38)27-11-8-7-9-12-27)13-10-14-31(39)37-29(23-26-15-17-28(42-3)18-16-26)35(41)36-20-19-32(40)43-21-22-46(4,5)6/h7-12,14-18,24,29-30,33-34H,13,19-23H2,1-6H3,(H,36,41)(H,37,39)/b14-10+/t24-,29+,30-,33+,34-/m0/s1. The highest BCUT2D eigenvalue weighted by Gasteiger charge is 2.44. The van der Waals surface area contributed by atoms with Crippen molar-refractivity contribution in [3.05, 3.63) is 77.9 Å². The number of carbonyl (C=O) groups is 4.